The van der Waals surface area contributed by atoms with Crippen molar-refractivity contribution in [3.63, 3.8) is 0 Å². The smallest absolute Gasteiger partial charge is 0.129 e. The molecule has 1 aromatic heterocycles. The van der Waals surface area contributed by atoms with Gasteiger partial charge in [0, 0.05) is 18.2 Å². The van der Waals surface area contributed by atoms with E-state index in [1.807, 2.05) is 43.3 Å². The molecular weight excluding hydrogens is 186 g/mol. The molecule has 0 aliphatic carbocycles. The van der Waals surface area contributed by atoms with E-state index in [1.165, 1.54) is 0 Å². The summed E-state index contributed by atoms with van der Waals surface area (Å²) in [7, 11) is 0. The van der Waals surface area contributed by atoms with E-state index in [1.54, 1.807) is 6.33 Å². The first-order chi connectivity index (χ1) is 7.40. The van der Waals surface area contributed by atoms with Crippen LogP contribution in [0.15, 0.2) is 42.7 Å². The Morgan fingerprint density at radius 3 is 2.67 bits per heavy atom. The van der Waals surface area contributed by atoms with Gasteiger partial charge in [-0.2, -0.15) is 0 Å². The molecule has 0 fully saturated rings. The van der Waals surface area contributed by atoms with Crippen LogP contribution in [-0.4, -0.2) is 16.5 Å². The predicted octanol–water partition coefficient (Wildman–Crippen LogP) is 2.58. The molecule has 0 radical (unpaired) electrons. The fourth-order valence-electron chi connectivity index (χ4n) is 1.40. The van der Waals surface area contributed by atoms with Crippen molar-refractivity contribution >= 4 is 5.82 Å². The Bertz CT molecular complexity index is 426. The van der Waals surface area contributed by atoms with Gasteiger partial charge in [0.05, 0.1) is 5.69 Å². The van der Waals surface area contributed by atoms with E-state index in [2.05, 4.69) is 15.3 Å². The third kappa shape index (κ3) is 2.31. The summed E-state index contributed by atoms with van der Waals surface area (Å²) in [6.45, 7) is 2.91. The SMILES string of the molecule is CCNc1cc(-c2ccccc2)ncn1. The summed E-state index contributed by atoms with van der Waals surface area (Å²) in [6, 6.07) is 12.0. The lowest BCUT2D eigenvalue weighted by Crippen LogP contribution is -1.99. The van der Waals surface area contributed by atoms with Gasteiger partial charge in [0.2, 0.25) is 0 Å². The van der Waals surface area contributed by atoms with Gasteiger partial charge in [0.25, 0.3) is 0 Å². The molecule has 0 aliphatic rings. The molecule has 2 aromatic rings. The second-order valence-electron chi connectivity index (χ2n) is 3.18. The summed E-state index contributed by atoms with van der Waals surface area (Å²) < 4.78 is 0. The standard InChI is InChI=1S/C12H13N3/c1-2-13-12-8-11(14-9-15-12)10-6-4-3-5-7-10/h3-9H,2H2,1H3,(H,13,14,15). The maximum atomic E-state index is 4.24. The Morgan fingerprint density at radius 1 is 1.13 bits per heavy atom. The molecule has 1 heterocycles. The number of nitrogens with one attached hydrogen (secondary N) is 1. The summed E-state index contributed by atoms with van der Waals surface area (Å²) >= 11 is 0. The molecule has 1 aromatic carbocycles. The Balaban J connectivity index is 2.33. The van der Waals surface area contributed by atoms with Gasteiger partial charge in [-0.3, -0.25) is 0 Å². The number of hydrogen-bond acceptors (Lipinski definition) is 3. The van der Waals surface area contributed by atoms with E-state index in [9.17, 15) is 0 Å². The molecule has 0 aliphatic heterocycles. The molecule has 76 valence electrons. The Labute approximate surface area is 89.2 Å². The summed E-state index contributed by atoms with van der Waals surface area (Å²) in [4.78, 5) is 8.37. The first kappa shape index (κ1) is 9.65. The molecule has 2 rings (SSSR count). The van der Waals surface area contributed by atoms with Crippen LogP contribution < -0.4 is 5.32 Å². The van der Waals surface area contributed by atoms with Gasteiger partial charge in [0.1, 0.15) is 12.1 Å². The fraction of sp³-hybridized carbons (Fsp3) is 0.167. The summed E-state index contributed by atoms with van der Waals surface area (Å²) in [5, 5.41) is 3.17. The predicted molar refractivity (Wildman–Crippen MR) is 61.6 cm³/mol. The van der Waals surface area contributed by atoms with Crippen molar-refractivity contribution in [2.45, 2.75) is 6.92 Å². The monoisotopic (exact) mass is 199 g/mol. The fourth-order valence-corrected chi connectivity index (χ4v) is 1.40. The minimum Gasteiger partial charge on any atom is -0.370 e. The number of anilines is 1. The van der Waals surface area contributed by atoms with Gasteiger partial charge >= 0.3 is 0 Å². The van der Waals surface area contributed by atoms with Gasteiger partial charge in [-0.25, -0.2) is 9.97 Å². The van der Waals surface area contributed by atoms with Gasteiger partial charge in [0.15, 0.2) is 0 Å². The lowest BCUT2D eigenvalue weighted by molar-refractivity contribution is 1.11. The number of benzene rings is 1. The van der Waals surface area contributed by atoms with Crippen molar-refractivity contribution in [1.82, 2.24) is 9.97 Å². The molecule has 0 saturated carbocycles. The van der Waals surface area contributed by atoms with Crippen LogP contribution in [0.2, 0.25) is 0 Å². The third-order valence-electron chi connectivity index (χ3n) is 2.09. The molecule has 0 bridgehead atoms. The first-order valence-corrected chi connectivity index (χ1v) is 5.01. The van der Waals surface area contributed by atoms with Gasteiger partial charge in [-0.1, -0.05) is 30.3 Å². The van der Waals surface area contributed by atoms with Crippen LogP contribution in [0.3, 0.4) is 0 Å². The maximum absolute atomic E-state index is 4.24. The van der Waals surface area contributed by atoms with Crippen LogP contribution in [0.4, 0.5) is 5.82 Å². The number of nitrogens with zero attached hydrogens (tertiary/aromatic N) is 2. The van der Waals surface area contributed by atoms with Crippen LogP contribution in [0.5, 0.6) is 0 Å². The number of aromatic nitrogens is 2. The third-order valence-corrected chi connectivity index (χ3v) is 2.09. The summed E-state index contributed by atoms with van der Waals surface area (Å²) in [6.07, 6.45) is 1.58. The van der Waals surface area contributed by atoms with Crippen LogP contribution >= 0.6 is 0 Å². The number of hydrogen-bond donors (Lipinski definition) is 1. The van der Waals surface area contributed by atoms with E-state index in [4.69, 9.17) is 0 Å². The highest BCUT2D eigenvalue weighted by Crippen LogP contribution is 2.17. The molecule has 0 unspecified atom stereocenters. The largest absolute Gasteiger partial charge is 0.370 e. The average molecular weight is 199 g/mol. The van der Waals surface area contributed by atoms with Crippen molar-refractivity contribution in [1.29, 1.82) is 0 Å². The zero-order chi connectivity index (χ0) is 10.5. The van der Waals surface area contributed by atoms with Crippen molar-refractivity contribution in [2.75, 3.05) is 11.9 Å². The highest BCUT2D eigenvalue weighted by molar-refractivity contribution is 5.61. The van der Waals surface area contributed by atoms with Crippen LogP contribution in [0.25, 0.3) is 11.3 Å². The number of rotatable bonds is 3. The summed E-state index contributed by atoms with van der Waals surface area (Å²) in [5.74, 6) is 0.867. The average Bonchev–Trinajstić information content (AvgIpc) is 2.31. The minimum atomic E-state index is 0.866. The van der Waals surface area contributed by atoms with E-state index in [0.717, 1.165) is 23.6 Å². The van der Waals surface area contributed by atoms with E-state index in [0.29, 0.717) is 0 Å². The second-order valence-corrected chi connectivity index (χ2v) is 3.18. The zero-order valence-corrected chi connectivity index (χ0v) is 8.64. The normalized spacial score (nSPS) is 9.93. The summed E-state index contributed by atoms with van der Waals surface area (Å²) in [5.41, 5.74) is 2.06. The van der Waals surface area contributed by atoms with Crippen molar-refractivity contribution in [3.05, 3.63) is 42.7 Å². The van der Waals surface area contributed by atoms with Crippen molar-refractivity contribution in [2.24, 2.45) is 0 Å². The molecule has 0 saturated heterocycles. The molecule has 1 N–H and O–H groups in total. The Hall–Kier alpha value is -1.90. The molecule has 0 amide bonds. The molecule has 3 heteroatoms. The lowest BCUT2D eigenvalue weighted by atomic mass is 10.1. The zero-order valence-electron chi connectivity index (χ0n) is 8.64. The lowest BCUT2D eigenvalue weighted by Gasteiger charge is -2.04. The quantitative estimate of drug-likeness (QED) is 0.825. The molecule has 0 atom stereocenters. The minimum absolute atomic E-state index is 0.866. The van der Waals surface area contributed by atoms with Crippen molar-refractivity contribution < 1.29 is 0 Å². The molecule has 15 heavy (non-hydrogen) atoms. The van der Waals surface area contributed by atoms with Crippen molar-refractivity contribution in [3.8, 4) is 11.3 Å². The van der Waals surface area contributed by atoms with E-state index in [-0.39, 0.29) is 0 Å². The second kappa shape index (κ2) is 4.55. The van der Waals surface area contributed by atoms with Crippen LogP contribution in [-0.2, 0) is 0 Å². The topological polar surface area (TPSA) is 37.8 Å². The van der Waals surface area contributed by atoms with Gasteiger partial charge < -0.3 is 5.32 Å². The van der Waals surface area contributed by atoms with Crippen LogP contribution in [0, 0.1) is 0 Å². The van der Waals surface area contributed by atoms with Crippen LogP contribution in [0.1, 0.15) is 6.92 Å². The first-order valence-electron chi connectivity index (χ1n) is 5.01. The van der Waals surface area contributed by atoms with E-state index < -0.39 is 0 Å². The van der Waals surface area contributed by atoms with Gasteiger partial charge in [-0.05, 0) is 6.92 Å². The maximum Gasteiger partial charge on any atom is 0.129 e. The van der Waals surface area contributed by atoms with Gasteiger partial charge in [-0.15, -0.1) is 0 Å². The molecular formula is C12H13N3. The Kier molecular flexibility index (Phi) is 2.93. The highest BCUT2D eigenvalue weighted by atomic mass is 15.0. The van der Waals surface area contributed by atoms with E-state index >= 15 is 0 Å². The highest BCUT2D eigenvalue weighted by Gasteiger charge is 1.99. The molecule has 3 nitrogen and oxygen atoms in total. The molecule has 0 spiro atoms. The Morgan fingerprint density at radius 2 is 1.93 bits per heavy atom.